The fourth-order valence-corrected chi connectivity index (χ4v) is 1.14. The lowest BCUT2D eigenvalue weighted by atomic mass is 10.2. The summed E-state index contributed by atoms with van der Waals surface area (Å²) < 4.78 is 38.3. The maximum Gasteiger partial charge on any atom is 0.251 e. The van der Waals surface area contributed by atoms with E-state index in [-0.39, 0.29) is 12.1 Å². The Bertz CT molecular complexity index is 442. The number of rotatable bonds is 3. The van der Waals surface area contributed by atoms with E-state index in [2.05, 4.69) is 5.32 Å². The van der Waals surface area contributed by atoms with Crippen molar-refractivity contribution >= 4 is 5.91 Å². The first kappa shape index (κ1) is 13.3. The second-order valence-electron chi connectivity index (χ2n) is 3.75. The van der Waals surface area contributed by atoms with Gasteiger partial charge in [0.15, 0.2) is 17.5 Å². The van der Waals surface area contributed by atoms with Gasteiger partial charge in [-0.3, -0.25) is 4.79 Å². The smallest absolute Gasteiger partial charge is 0.251 e. The summed E-state index contributed by atoms with van der Waals surface area (Å²) in [6.45, 7) is 3.95. The van der Waals surface area contributed by atoms with Crippen LogP contribution in [0.2, 0.25) is 0 Å². The minimum absolute atomic E-state index is 0.247. The number of benzene rings is 1. The number of hydrogen-bond donors (Lipinski definition) is 1. The molecular formula is C12H12F3NO. The van der Waals surface area contributed by atoms with E-state index in [1.165, 1.54) is 0 Å². The highest BCUT2D eigenvalue weighted by Gasteiger charge is 2.14. The molecule has 0 heterocycles. The molecule has 0 aliphatic heterocycles. The average molecular weight is 243 g/mol. The van der Waals surface area contributed by atoms with E-state index in [1.807, 2.05) is 13.8 Å². The topological polar surface area (TPSA) is 29.1 Å². The first-order valence-corrected chi connectivity index (χ1v) is 4.98. The minimum atomic E-state index is -1.58. The van der Waals surface area contributed by atoms with E-state index in [4.69, 9.17) is 0 Å². The number of carbonyl (C=O) groups is 1. The van der Waals surface area contributed by atoms with Gasteiger partial charge in [0.1, 0.15) is 0 Å². The van der Waals surface area contributed by atoms with Gasteiger partial charge >= 0.3 is 0 Å². The third kappa shape index (κ3) is 3.62. The Balaban J connectivity index is 2.80. The predicted octanol–water partition coefficient (Wildman–Crippen LogP) is 2.80. The second-order valence-corrected chi connectivity index (χ2v) is 3.75. The third-order valence-electron chi connectivity index (χ3n) is 2.02. The van der Waals surface area contributed by atoms with E-state index in [0.29, 0.717) is 12.1 Å². The molecular weight excluding hydrogens is 231 g/mol. The Labute approximate surface area is 97.1 Å². The molecule has 2 nitrogen and oxygen atoms in total. The summed E-state index contributed by atoms with van der Waals surface area (Å²) in [5.74, 6) is -4.99. The molecule has 0 radical (unpaired) electrons. The van der Waals surface area contributed by atoms with Crippen LogP contribution in [0.4, 0.5) is 13.2 Å². The van der Waals surface area contributed by atoms with Crippen LogP contribution in [0.15, 0.2) is 23.8 Å². The lowest BCUT2D eigenvalue weighted by Crippen LogP contribution is -2.24. The normalized spacial score (nSPS) is 9.94. The van der Waals surface area contributed by atoms with Crippen molar-refractivity contribution < 1.29 is 18.0 Å². The molecule has 0 aromatic heterocycles. The van der Waals surface area contributed by atoms with Crippen LogP contribution in [-0.4, -0.2) is 12.5 Å². The number of carbonyl (C=O) groups excluding carboxylic acids is 1. The Morgan fingerprint density at radius 3 is 2.24 bits per heavy atom. The molecule has 0 aliphatic rings. The van der Waals surface area contributed by atoms with Crippen LogP contribution in [-0.2, 0) is 0 Å². The number of nitrogens with one attached hydrogen (secondary N) is 1. The highest BCUT2D eigenvalue weighted by atomic mass is 19.2. The number of halogens is 3. The van der Waals surface area contributed by atoms with E-state index in [1.54, 1.807) is 6.08 Å². The fraction of sp³-hybridized carbons (Fsp3) is 0.250. The van der Waals surface area contributed by atoms with Crippen molar-refractivity contribution in [3.63, 3.8) is 0 Å². The molecule has 1 N–H and O–H groups in total. The van der Waals surface area contributed by atoms with Crippen molar-refractivity contribution in [3.8, 4) is 0 Å². The number of allylic oxidation sites excluding steroid dienone is 1. The molecule has 1 amide bonds. The Hall–Kier alpha value is -1.78. The van der Waals surface area contributed by atoms with Gasteiger partial charge in [-0.15, -0.1) is 0 Å². The van der Waals surface area contributed by atoms with Gasteiger partial charge in [-0.2, -0.15) is 0 Å². The molecule has 1 aromatic carbocycles. The van der Waals surface area contributed by atoms with Crippen molar-refractivity contribution in [3.05, 3.63) is 46.8 Å². The van der Waals surface area contributed by atoms with Gasteiger partial charge in [0, 0.05) is 12.1 Å². The SMILES string of the molecule is CC(C)=CCNC(=O)c1cc(F)c(F)c(F)c1. The van der Waals surface area contributed by atoms with E-state index < -0.39 is 23.4 Å². The van der Waals surface area contributed by atoms with Crippen molar-refractivity contribution in [2.45, 2.75) is 13.8 Å². The van der Waals surface area contributed by atoms with E-state index in [9.17, 15) is 18.0 Å². The highest BCUT2D eigenvalue weighted by Crippen LogP contribution is 2.13. The van der Waals surface area contributed by atoms with Crippen LogP contribution >= 0.6 is 0 Å². The van der Waals surface area contributed by atoms with Crippen LogP contribution < -0.4 is 5.32 Å². The largest absolute Gasteiger partial charge is 0.349 e. The zero-order chi connectivity index (χ0) is 13.0. The van der Waals surface area contributed by atoms with Crippen LogP contribution in [0.5, 0.6) is 0 Å². The van der Waals surface area contributed by atoms with Crippen molar-refractivity contribution in [1.29, 1.82) is 0 Å². The lowest BCUT2D eigenvalue weighted by molar-refractivity contribution is 0.0957. The predicted molar refractivity (Wildman–Crippen MR) is 58.1 cm³/mol. The second kappa shape index (κ2) is 5.52. The standard InChI is InChI=1S/C12H12F3NO/c1-7(2)3-4-16-12(17)8-5-9(13)11(15)10(14)6-8/h3,5-6H,4H2,1-2H3,(H,16,17). The summed E-state index contributed by atoms with van der Waals surface area (Å²) >= 11 is 0. The molecule has 1 aromatic rings. The van der Waals surface area contributed by atoms with Gasteiger partial charge in [0.05, 0.1) is 0 Å². The van der Waals surface area contributed by atoms with Gasteiger partial charge in [-0.25, -0.2) is 13.2 Å². The Morgan fingerprint density at radius 1 is 1.24 bits per heavy atom. The van der Waals surface area contributed by atoms with Crippen LogP contribution in [0.25, 0.3) is 0 Å². The number of amides is 1. The molecule has 0 bridgehead atoms. The van der Waals surface area contributed by atoms with E-state index in [0.717, 1.165) is 5.57 Å². The zero-order valence-corrected chi connectivity index (χ0v) is 9.48. The fourth-order valence-electron chi connectivity index (χ4n) is 1.14. The monoisotopic (exact) mass is 243 g/mol. The van der Waals surface area contributed by atoms with Crippen LogP contribution in [0, 0.1) is 17.5 Å². The molecule has 92 valence electrons. The summed E-state index contributed by atoms with van der Waals surface area (Å²) in [5, 5.41) is 2.43. The summed E-state index contributed by atoms with van der Waals surface area (Å²) in [5.41, 5.74) is 0.755. The van der Waals surface area contributed by atoms with E-state index >= 15 is 0 Å². The van der Waals surface area contributed by atoms with Gasteiger partial charge < -0.3 is 5.32 Å². The molecule has 1 rings (SSSR count). The summed E-state index contributed by atoms with van der Waals surface area (Å²) in [4.78, 5) is 11.4. The number of hydrogen-bond acceptors (Lipinski definition) is 1. The molecule has 0 unspecified atom stereocenters. The highest BCUT2D eigenvalue weighted by molar-refractivity contribution is 5.94. The maximum atomic E-state index is 12.8. The minimum Gasteiger partial charge on any atom is -0.349 e. The van der Waals surface area contributed by atoms with Crippen LogP contribution in [0.3, 0.4) is 0 Å². The Kier molecular flexibility index (Phi) is 4.31. The quantitative estimate of drug-likeness (QED) is 0.642. The van der Waals surface area contributed by atoms with Crippen molar-refractivity contribution in [2.75, 3.05) is 6.54 Å². The van der Waals surface area contributed by atoms with Crippen molar-refractivity contribution in [2.24, 2.45) is 0 Å². The molecule has 0 fully saturated rings. The summed E-state index contributed by atoms with van der Waals surface area (Å²) in [6, 6.07) is 1.33. The lowest BCUT2D eigenvalue weighted by Gasteiger charge is -2.04. The summed E-state index contributed by atoms with van der Waals surface area (Å²) in [6.07, 6.45) is 1.74. The molecule has 0 spiro atoms. The van der Waals surface area contributed by atoms with Crippen molar-refractivity contribution in [1.82, 2.24) is 5.32 Å². The first-order valence-electron chi connectivity index (χ1n) is 4.98. The third-order valence-corrected chi connectivity index (χ3v) is 2.02. The average Bonchev–Trinajstić information content (AvgIpc) is 2.24. The molecule has 0 aliphatic carbocycles. The molecule has 5 heteroatoms. The molecule has 0 saturated heterocycles. The molecule has 0 saturated carbocycles. The van der Waals surface area contributed by atoms with Crippen LogP contribution in [0.1, 0.15) is 24.2 Å². The first-order chi connectivity index (χ1) is 7.91. The Morgan fingerprint density at radius 2 is 1.76 bits per heavy atom. The van der Waals surface area contributed by atoms with Gasteiger partial charge in [-0.1, -0.05) is 11.6 Å². The molecule has 17 heavy (non-hydrogen) atoms. The summed E-state index contributed by atoms with van der Waals surface area (Å²) in [7, 11) is 0. The maximum absolute atomic E-state index is 12.8. The molecule has 0 atom stereocenters. The zero-order valence-electron chi connectivity index (χ0n) is 9.48. The van der Waals surface area contributed by atoms with Gasteiger partial charge in [0.2, 0.25) is 0 Å². The van der Waals surface area contributed by atoms with Gasteiger partial charge in [-0.05, 0) is 26.0 Å². The van der Waals surface area contributed by atoms with Gasteiger partial charge in [0.25, 0.3) is 5.91 Å².